The smallest absolute Gasteiger partial charge is 0.199 e. The molecule has 0 radical (unpaired) electrons. The standard InChI is InChI=1S/C14H14ClN3O/c1-18-10(6-7-17-18)8-16-9-12-11-4-2-3-5-13(11)19-14(12)15/h2-7,16H,8-9H2,1H3. The molecule has 0 atom stereocenters. The number of benzene rings is 1. The van der Waals surface area contributed by atoms with Crippen LogP contribution in [0, 0.1) is 0 Å². The van der Waals surface area contributed by atoms with E-state index in [1.165, 1.54) is 0 Å². The van der Waals surface area contributed by atoms with Crippen molar-refractivity contribution >= 4 is 22.6 Å². The number of hydrogen-bond acceptors (Lipinski definition) is 3. The van der Waals surface area contributed by atoms with Crippen LogP contribution in [0.4, 0.5) is 0 Å². The SMILES string of the molecule is Cn1nccc1CNCc1c(Cl)oc2ccccc12. The van der Waals surface area contributed by atoms with Crippen molar-refractivity contribution in [1.82, 2.24) is 15.1 Å². The molecule has 3 aromatic rings. The summed E-state index contributed by atoms with van der Waals surface area (Å²) in [5, 5.41) is 9.01. The van der Waals surface area contributed by atoms with E-state index < -0.39 is 0 Å². The fourth-order valence-corrected chi connectivity index (χ4v) is 2.38. The summed E-state index contributed by atoms with van der Waals surface area (Å²) < 4.78 is 7.37. The van der Waals surface area contributed by atoms with Crippen LogP contribution < -0.4 is 5.32 Å². The molecule has 3 rings (SSSR count). The molecule has 5 heteroatoms. The molecule has 0 saturated heterocycles. The van der Waals surface area contributed by atoms with Gasteiger partial charge in [0.15, 0.2) is 5.22 Å². The van der Waals surface area contributed by atoms with Crippen molar-refractivity contribution in [3.63, 3.8) is 0 Å². The fourth-order valence-electron chi connectivity index (χ4n) is 2.12. The molecular formula is C14H14ClN3O. The fraction of sp³-hybridized carbons (Fsp3) is 0.214. The van der Waals surface area contributed by atoms with Gasteiger partial charge in [-0.3, -0.25) is 4.68 Å². The third-order valence-corrected chi connectivity index (χ3v) is 3.48. The molecule has 0 saturated carbocycles. The molecule has 0 aliphatic heterocycles. The Morgan fingerprint density at radius 1 is 1.26 bits per heavy atom. The van der Waals surface area contributed by atoms with Gasteiger partial charge in [0.2, 0.25) is 0 Å². The highest BCUT2D eigenvalue weighted by molar-refractivity contribution is 6.30. The number of para-hydroxylation sites is 1. The van der Waals surface area contributed by atoms with Gasteiger partial charge in [-0.2, -0.15) is 5.10 Å². The zero-order valence-corrected chi connectivity index (χ0v) is 11.3. The molecule has 1 aromatic carbocycles. The van der Waals surface area contributed by atoms with E-state index in [4.69, 9.17) is 16.0 Å². The first-order valence-corrected chi connectivity index (χ1v) is 6.47. The number of furan rings is 1. The van der Waals surface area contributed by atoms with Crippen LogP contribution in [0.3, 0.4) is 0 Å². The average Bonchev–Trinajstić information content (AvgIpc) is 2.94. The molecule has 2 heterocycles. The molecule has 0 bridgehead atoms. The first kappa shape index (κ1) is 12.3. The third kappa shape index (κ3) is 2.37. The van der Waals surface area contributed by atoms with Crippen molar-refractivity contribution in [2.75, 3.05) is 0 Å². The predicted molar refractivity (Wildman–Crippen MR) is 75.0 cm³/mol. The zero-order valence-electron chi connectivity index (χ0n) is 10.6. The van der Waals surface area contributed by atoms with Crippen molar-refractivity contribution < 1.29 is 4.42 Å². The Hall–Kier alpha value is -1.78. The van der Waals surface area contributed by atoms with Crippen LogP contribution in [0.15, 0.2) is 40.9 Å². The Morgan fingerprint density at radius 2 is 2.11 bits per heavy atom. The minimum absolute atomic E-state index is 0.457. The third-order valence-electron chi connectivity index (χ3n) is 3.18. The van der Waals surface area contributed by atoms with Crippen LogP contribution in [0.2, 0.25) is 5.22 Å². The Bertz CT molecular complexity index is 702. The van der Waals surface area contributed by atoms with Gasteiger partial charge in [-0.25, -0.2) is 0 Å². The van der Waals surface area contributed by atoms with Gasteiger partial charge >= 0.3 is 0 Å². The Balaban J connectivity index is 1.75. The number of rotatable bonds is 4. The molecule has 19 heavy (non-hydrogen) atoms. The van der Waals surface area contributed by atoms with E-state index in [-0.39, 0.29) is 0 Å². The Labute approximate surface area is 116 Å². The van der Waals surface area contributed by atoms with Crippen LogP contribution in [-0.2, 0) is 20.1 Å². The first-order valence-electron chi connectivity index (χ1n) is 6.09. The first-order chi connectivity index (χ1) is 9.25. The van der Waals surface area contributed by atoms with Gasteiger partial charge in [0, 0.05) is 37.3 Å². The number of aryl methyl sites for hydroxylation is 1. The minimum atomic E-state index is 0.457. The molecule has 2 aromatic heterocycles. The second-order valence-corrected chi connectivity index (χ2v) is 4.74. The van der Waals surface area contributed by atoms with Crippen molar-refractivity contribution in [2.24, 2.45) is 7.05 Å². The maximum Gasteiger partial charge on any atom is 0.199 e. The number of halogens is 1. The van der Waals surface area contributed by atoms with Gasteiger partial charge in [0.1, 0.15) is 5.58 Å². The van der Waals surface area contributed by atoms with E-state index in [1.54, 1.807) is 6.20 Å². The summed E-state index contributed by atoms with van der Waals surface area (Å²) in [6.45, 7) is 1.41. The second kappa shape index (κ2) is 5.07. The summed E-state index contributed by atoms with van der Waals surface area (Å²) in [7, 11) is 1.93. The molecule has 4 nitrogen and oxygen atoms in total. The van der Waals surface area contributed by atoms with Gasteiger partial charge in [-0.15, -0.1) is 0 Å². The molecule has 0 aliphatic rings. The lowest BCUT2D eigenvalue weighted by molar-refractivity contribution is 0.595. The summed E-state index contributed by atoms with van der Waals surface area (Å²) >= 11 is 6.14. The van der Waals surface area contributed by atoms with Crippen molar-refractivity contribution in [2.45, 2.75) is 13.1 Å². The highest BCUT2D eigenvalue weighted by Crippen LogP contribution is 2.29. The van der Waals surface area contributed by atoms with E-state index in [1.807, 2.05) is 42.1 Å². The highest BCUT2D eigenvalue weighted by atomic mass is 35.5. The van der Waals surface area contributed by atoms with Gasteiger partial charge in [-0.05, 0) is 23.7 Å². The lowest BCUT2D eigenvalue weighted by Crippen LogP contribution is -2.15. The Kier molecular flexibility index (Phi) is 3.27. The number of nitrogens with zero attached hydrogens (tertiary/aromatic N) is 2. The summed E-state index contributed by atoms with van der Waals surface area (Å²) in [6.07, 6.45) is 1.79. The number of hydrogen-bond donors (Lipinski definition) is 1. The van der Waals surface area contributed by atoms with Gasteiger partial charge in [0.25, 0.3) is 0 Å². The van der Waals surface area contributed by atoms with E-state index >= 15 is 0 Å². The van der Waals surface area contributed by atoms with Crippen molar-refractivity contribution in [1.29, 1.82) is 0 Å². The molecular weight excluding hydrogens is 262 g/mol. The monoisotopic (exact) mass is 275 g/mol. The van der Waals surface area contributed by atoms with E-state index in [9.17, 15) is 0 Å². The topological polar surface area (TPSA) is 43.0 Å². The van der Waals surface area contributed by atoms with Crippen LogP contribution >= 0.6 is 11.6 Å². The number of nitrogens with one attached hydrogen (secondary N) is 1. The summed E-state index contributed by atoms with van der Waals surface area (Å²) in [6, 6.07) is 9.85. The van der Waals surface area contributed by atoms with Gasteiger partial charge in [0.05, 0.1) is 5.69 Å². The Morgan fingerprint density at radius 3 is 2.89 bits per heavy atom. The largest absolute Gasteiger partial charge is 0.444 e. The average molecular weight is 276 g/mol. The molecule has 1 N–H and O–H groups in total. The van der Waals surface area contributed by atoms with Gasteiger partial charge < -0.3 is 9.73 Å². The van der Waals surface area contributed by atoms with Crippen LogP contribution in [0.1, 0.15) is 11.3 Å². The maximum atomic E-state index is 6.14. The molecule has 0 amide bonds. The second-order valence-electron chi connectivity index (χ2n) is 4.40. The minimum Gasteiger partial charge on any atom is -0.444 e. The molecule has 0 unspecified atom stereocenters. The predicted octanol–water partition coefficient (Wildman–Crippen LogP) is 3.11. The maximum absolute atomic E-state index is 6.14. The van der Waals surface area contributed by atoms with E-state index in [0.29, 0.717) is 11.8 Å². The lowest BCUT2D eigenvalue weighted by Gasteiger charge is -2.04. The zero-order chi connectivity index (χ0) is 13.2. The quantitative estimate of drug-likeness (QED) is 0.796. The molecule has 0 fully saturated rings. The normalized spacial score (nSPS) is 11.3. The van der Waals surface area contributed by atoms with Crippen LogP contribution in [0.5, 0.6) is 0 Å². The van der Waals surface area contributed by atoms with Crippen molar-refractivity contribution in [3.05, 3.63) is 53.0 Å². The summed E-state index contributed by atoms with van der Waals surface area (Å²) in [4.78, 5) is 0. The molecule has 98 valence electrons. The molecule has 0 aliphatic carbocycles. The highest BCUT2D eigenvalue weighted by Gasteiger charge is 2.11. The number of fused-ring (bicyclic) bond motifs is 1. The summed E-state index contributed by atoms with van der Waals surface area (Å²) in [5.41, 5.74) is 2.95. The van der Waals surface area contributed by atoms with Gasteiger partial charge in [-0.1, -0.05) is 18.2 Å². The van der Waals surface area contributed by atoms with Crippen LogP contribution in [0.25, 0.3) is 11.0 Å². The van der Waals surface area contributed by atoms with E-state index in [2.05, 4.69) is 10.4 Å². The lowest BCUT2D eigenvalue weighted by atomic mass is 10.2. The van der Waals surface area contributed by atoms with E-state index in [0.717, 1.165) is 28.8 Å². The number of aromatic nitrogens is 2. The van der Waals surface area contributed by atoms with Crippen molar-refractivity contribution in [3.8, 4) is 0 Å². The molecule has 0 spiro atoms. The summed E-state index contributed by atoms with van der Waals surface area (Å²) in [5.74, 6) is 0. The van der Waals surface area contributed by atoms with Crippen LogP contribution in [-0.4, -0.2) is 9.78 Å².